The van der Waals surface area contributed by atoms with E-state index >= 15 is 0 Å². The Bertz CT molecular complexity index is 611. The van der Waals surface area contributed by atoms with Gasteiger partial charge in [0.05, 0.1) is 5.41 Å². The standard InChI is InChI=1S/C19H19N/c1-3-18-19(14-15(2)20-18,16-10-6-4-7-11-16)17-12-8-5-9-13-17/h4-14H,3H2,1-2H3. The van der Waals surface area contributed by atoms with Crippen molar-refractivity contribution in [1.29, 1.82) is 0 Å². The summed E-state index contributed by atoms with van der Waals surface area (Å²) in [5.41, 5.74) is 4.73. The second-order valence-electron chi connectivity index (χ2n) is 5.24. The summed E-state index contributed by atoms with van der Waals surface area (Å²) in [4.78, 5) is 4.79. The van der Waals surface area contributed by atoms with E-state index in [9.17, 15) is 0 Å². The molecule has 100 valence electrons. The van der Waals surface area contributed by atoms with Crippen molar-refractivity contribution >= 4 is 5.71 Å². The quantitative estimate of drug-likeness (QED) is 0.756. The summed E-state index contributed by atoms with van der Waals surface area (Å²) < 4.78 is 0. The Morgan fingerprint density at radius 1 is 0.850 bits per heavy atom. The summed E-state index contributed by atoms with van der Waals surface area (Å²) in [5.74, 6) is 0. The Hall–Kier alpha value is -2.15. The molecule has 0 N–H and O–H groups in total. The number of rotatable bonds is 3. The number of allylic oxidation sites excluding steroid dienone is 2. The van der Waals surface area contributed by atoms with Crippen molar-refractivity contribution in [2.75, 3.05) is 0 Å². The Balaban J connectivity index is 2.28. The Labute approximate surface area is 120 Å². The third-order valence-corrected chi connectivity index (χ3v) is 3.99. The molecule has 0 aliphatic carbocycles. The highest BCUT2D eigenvalue weighted by Gasteiger charge is 2.39. The largest absolute Gasteiger partial charge is 0.261 e. The average Bonchev–Trinajstić information content (AvgIpc) is 2.87. The molecule has 0 atom stereocenters. The molecule has 0 saturated carbocycles. The van der Waals surface area contributed by atoms with E-state index in [-0.39, 0.29) is 5.41 Å². The molecule has 0 amide bonds. The first-order valence-corrected chi connectivity index (χ1v) is 7.16. The highest BCUT2D eigenvalue weighted by atomic mass is 14.8. The molecule has 0 saturated heterocycles. The van der Waals surface area contributed by atoms with E-state index in [2.05, 4.69) is 80.6 Å². The average molecular weight is 261 g/mol. The second-order valence-corrected chi connectivity index (χ2v) is 5.24. The van der Waals surface area contributed by atoms with Gasteiger partial charge in [0.2, 0.25) is 0 Å². The molecular weight excluding hydrogens is 242 g/mol. The third-order valence-electron chi connectivity index (χ3n) is 3.99. The fourth-order valence-corrected chi connectivity index (χ4v) is 3.16. The molecular formula is C19H19N. The van der Waals surface area contributed by atoms with Gasteiger partial charge in [-0.3, -0.25) is 4.99 Å². The fourth-order valence-electron chi connectivity index (χ4n) is 3.16. The van der Waals surface area contributed by atoms with Gasteiger partial charge in [0.1, 0.15) is 0 Å². The minimum atomic E-state index is -0.193. The second kappa shape index (κ2) is 5.09. The van der Waals surface area contributed by atoms with Crippen molar-refractivity contribution < 1.29 is 0 Å². The van der Waals surface area contributed by atoms with E-state index in [1.165, 1.54) is 16.8 Å². The van der Waals surface area contributed by atoms with E-state index in [4.69, 9.17) is 4.99 Å². The monoisotopic (exact) mass is 261 g/mol. The van der Waals surface area contributed by atoms with Crippen LogP contribution in [0.1, 0.15) is 31.4 Å². The van der Waals surface area contributed by atoms with Crippen LogP contribution in [0.3, 0.4) is 0 Å². The molecule has 0 bridgehead atoms. The predicted molar refractivity (Wildman–Crippen MR) is 85.1 cm³/mol. The molecule has 1 heteroatoms. The van der Waals surface area contributed by atoms with Crippen molar-refractivity contribution in [3.05, 3.63) is 83.6 Å². The summed E-state index contributed by atoms with van der Waals surface area (Å²) in [7, 11) is 0. The molecule has 1 nitrogen and oxygen atoms in total. The Kier molecular flexibility index (Phi) is 3.27. The van der Waals surface area contributed by atoms with E-state index in [0.29, 0.717) is 0 Å². The Morgan fingerprint density at radius 3 is 1.80 bits per heavy atom. The predicted octanol–water partition coefficient (Wildman–Crippen LogP) is 4.74. The lowest BCUT2D eigenvalue weighted by atomic mass is 9.71. The van der Waals surface area contributed by atoms with Crippen molar-refractivity contribution in [2.24, 2.45) is 4.99 Å². The number of nitrogens with zero attached hydrogens (tertiary/aromatic N) is 1. The van der Waals surface area contributed by atoms with Crippen LogP contribution in [0, 0.1) is 0 Å². The van der Waals surface area contributed by atoms with Crippen molar-refractivity contribution in [2.45, 2.75) is 25.7 Å². The molecule has 2 aromatic rings. The first kappa shape index (κ1) is 12.9. The number of benzene rings is 2. The zero-order valence-corrected chi connectivity index (χ0v) is 12.0. The first-order valence-electron chi connectivity index (χ1n) is 7.16. The molecule has 1 heterocycles. The minimum Gasteiger partial charge on any atom is -0.261 e. The van der Waals surface area contributed by atoms with Gasteiger partial charge in [-0.05, 0) is 30.5 Å². The normalized spacial score (nSPS) is 16.7. The van der Waals surface area contributed by atoms with Gasteiger partial charge in [0, 0.05) is 11.4 Å². The molecule has 2 aromatic carbocycles. The molecule has 20 heavy (non-hydrogen) atoms. The molecule has 0 radical (unpaired) electrons. The zero-order valence-electron chi connectivity index (χ0n) is 12.0. The molecule has 0 unspecified atom stereocenters. The van der Waals surface area contributed by atoms with Gasteiger partial charge >= 0.3 is 0 Å². The van der Waals surface area contributed by atoms with Crippen LogP contribution in [0.25, 0.3) is 0 Å². The van der Waals surface area contributed by atoms with Crippen molar-refractivity contribution in [3.63, 3.8) is 0 Å². The highest BCUT2D eigenvalue weighted by molar-refractivity contribution is 6.02. The summed E-state index contributed by atoms with van der Waals surface area (Å²) in [6, 6.07) is 21.4. The maximum absolute atomic E-state index is 4.79. The van der Waals surface area contributed by atoms with E-state index in [1.54, 1.807) is 0 Å². The van der Waals surface area contributed by atoms with Crippen LogP contribution in [0.2, 0.25) is 0 Å². The van der Waals surface area contributed by atoms with Crippen LogP contribution in [0.4, 0.5) is 0 Å². The van der Waals surface area contributed by atoms with Crippen LogP contribution in [-0.4, -0.2) is 5.71 Å². The fraction of sp³-hybridized carbons (Fsp3) is 0.211. The molecule has 1 aliphatic heterocycles. The molecule has 1 aliphatic rings. The van der Waals surface area contributed by atoms with Crippen LogP contribution >= 0.6 is 0 Å². The number of aliphatic imine (C=N–C) groups is 1. The van der Waals surface area contributed by atoms with E-state index in [0.717, 1.165) is 12.1 Å². The third kappa shape index (κ3) is 1.90. The van der Waals surface area contributed by atoms with Crippen molar-refractivity contribution in [1.82, 2.24) is 0 Å². The lowest BCUT2D eigenvalue weighted by molar-refractivity contribution is 0.858. The molecule has 0 spiro atoms. The number of hydrogen-bond donors (Lipinski definition) is 0. The number of hydrogen-bond acceptors (Lipinski definition) is 1. The Morgan fingerprint density at radius 2 is 1.35 bits per heavy atom. The lowest BCUT2D eigenvalue weighted by Gasteiger charge is -2.30. The first-order chi connectivity index (χ1) is 9.77. The van der Waals surface area contributed by atoms with Crippen LogP contribution in [0.15, 0.2) is 77.4 Å². The van der Waals surface area contributed by atoms with Gasteiger partial charge in [-0.1, -0.05) is 67.6 Å². The topological polar surface area (TPSA) is 12.4 Å². The summed E-state index contributed by atoms with van der Waals surface area (Å²) in [6.07, 6.45) is 3.26. The lowest BCUT2D eigenvalue weighted by Crippen LogP contribution is -2.32. The highest BCUT2D eigenvalue weighted by Crippen LogP contribution is 2.41. The zero-order chi connectivity index (χ0) is 14.0. The van der Waals surface area contributed by atoms with Gasteiger partial charge in [0.15, 0.2) is 0 Å². The van der Waals surface area contributed by atoms with Gasteiger partial charge in [0.25, 0.3) is 0 Å². The van der Waals surface area contributed by atoms with Crippen LogP contribution < -0.4 is 0 Å². The van der Waals surface area contributed by atoms with E-state index < -0.39 is 0 Å². The van der Waals surface area contributed by atoms with Gasteiger partial charge < -0.3 is 0 Å². The molecule has 0 aromatic heterocycles. The maximum Gasteiger partial charge on any atom is 0.0785 e. The summed E-state index contributed by atoms with van der Waals surface area (Å²) >= 11 is 0. The summed E-state index contributed by atoms with van der Waals surface area (Å²) in [6.45, 7) is 4.27. The smallest absolute Gasteiger partial charge is 0.0785 e. The van der Waals surface area contributed by atoms with Gasteiger partial charge in [-0.2, -0.15) is 0 Å². The van der Waals surface area contributed by atoms with Crippen molar-refractivity contribution in [3.8, 4) is 0 Å². The SMILES string of the molecule is CCC1=NC(C)=CC1(c1ccccc1)c1ccccc1. The maximum atomic E-state index is 4.79. The van der Waals surface area contributed by atoms with E-state index in [1.807, 2.05) is 0 Å². The molecule has 3 rings (SSSR count). The minimum absolute atomic E-state index is 0.193. The summed E-state index contributed by atoms with van der Waals surface area (Å²) in [5, 5.41) is 0. The van der Waals surface area contributed by atoms with Crippen LogP contribution in [0.5, 0.6) is 0 Å². The van der Waals surface area contributed by atoms with Gasteiger partial charge in [-0.15, -0.1) is 0 Å². The molecule has 0 fully saturated rings. The van der Waals surface area contributed by atoms with Gasteiger partial charge in [-0.25, -0.2) is 0 Å². The van der Waals surface area contributed by atoms with Crippen LogP contribution in [-0.2, 0) is 5.41 Å².